The molecule has 130 valence electrons. The molecule has 1 aliphatic carbocycles. The van der Waals surface area contributed by atoms with Crippen LogP contribution in [0.1, 0.15) is 30.3 Å². The Bertz CT molecular complexity index is 674. The first-order chi connectivity index (χ1) is 10.4. The smallest absolute Gasteiger partial charge is 0.374 e. The second-order valence-electron chi connectivity index (χ2n) is 5.83. The molecule has 1 aromatic rings. The first-order valence-electron chi connectivity index (χ1n) is 7.46. The number of esters is 1. The Morgan fingerprint density at radius 1 is 1.39 bits per heavy atom. The molecule has 0 amide bonds. The van der Waals surface area contributed by atoms with E-state index in [4.69, 9.17) is 14.9 Å². The summed E-state index contributed by atoms with van der Waals surface area (Å²) in [6.07, 6.45) is 1.92. The van der Waals surface area contributed by atoms with Crippen molar-refractivity contribution in [1.29, 1.82) is 0 Å². The minimum atomic E-state index is -3.73. The number of sulfonamides is 1. The maximum Gasteiger partial charge on any atom is 0.374 e. The fourth-order valence-corrected chi connectivity index (χ4v) is 4.81. The fourth-order valence-electron chi connectivity index (χ4n) is 3.36. The van der Waals surface area contributed by atoms with E-state index in [1.165, 1.54) is 16.4 Å². The van der Waals surface area contributed by atoms with E-state index >= 15 is 0 Å². The van der Waals surface area contributed by atoms with Crippen LogP contribution in [0.4, 0.5) is 0 Å². The van der Waals surface area contributed by atoms with Gasteiger partial charge in [-0.1, -0.05) is 0 Å². The molecule has 1 saturated carbocycles. The van der Waals surface area contributed by atoms with Crippen molar-refractivity contribution in [3.05, 3.63) is 17.9 Å². The molecule has 3 unspecified atom stereocenters. The molecule has 0 radical (unpaired) electrons. The number of rotatable bonds is 4. The lowest BCUT2D eigenvalue weighted by molar-refractivity contribution is 0.0483. The fraction of sp³-hybridized carbons (Fsp3) is 0.643. The zero-order valence-electron chi connectivity index (χ0n) is 12.8. The van der Waals surface area contributed by atoms with Crippen LogP contribution < -0.4 is 5.73 Å². The van der Waals surface area contributed by atoms with Crippen molar-refractivity contribution in [3.63, 3.8) is 0 Å². The minimum absolute atomic E-state index is 0. The van der Waals surface area contributed by atoms with E-state index in [1.807, 2.05) is 0 Å². The van der Waals surface area contributed by atoms with Crippen LogP contribution in [0.5, 0.6) is 0 Å². The predicted octanol–water partition coefficient (Wildman–Crippen LogP) is 1.24. The average molecular weight is 365 g/mol. The number of hydrogen-bond acceptors (Lipinski definition) is 6. The van der Waals surface area contributed by atoms with Crippen LogP contribution in [0.3, 0.4) is 0 Å². The molecule has 1 saturated heterocycles. The molecule has 2 fully saturated rings. The zero-order valence-corrected chi connectivity index (χ0v) is 14.4. The number of nitrogens with two attached hydrogens (primary N) is 1. The lowest BCUT2D eigenvalue weighted by Gasteiger charge is -2.16. The molecule has 9 heteroatoms. The maximum absolute atomic E-state index is 12.6. The third-order valence-electron chi connectivity index (χ3n) is 4.53. The van der Waals surface area contributed by atoms with Crippen LogP contribution in [0.15, 0.2) is 21.6 Å². The highest BCUT2D eigenvalue weighted by molar-refractivity contribution is 7.89. The number of ether oxygens (including phenoxy) is 1. The molecule has 0 bridgehead atoms. The molecule has 1 aliphatic heterocycles. The molecule has 0 spiro atoms. The van der Waals surface area contributed by atoms with Crippen LogP contribution in [0.25, 0.3) is 0 Å². The van der Waals surface area contributed by atoms with Crippen LogP contribution in [0.2, 0.25) is 0 Å². The third-order valence-corrected chi connectivity index (χ3v) is 6.24. The van der Waals surface area contributed by atoms with Crippen molar-refractivity contribution >= 4 is 28.4 Å². The summed E-state index contributed by atoms with van der Waals surface area (Å²) in [6.45, 7) is 2.76. The van der Waals surface area contributed by atoms with Crippen LogP contribution in [-0.2, 0) is 14.8 Å². The van der Waals surface area contributed by atoms with E-state index < -0.39 is 16.0 Å². The van der Waals surface area contributed by atoms with E-state index in [0.717, 1.165) is 12.8 Å². The lowest BCUT2D eigenvalue weighted by atomic mass is 9.98. The van der Waals surface area contributed by atoms with Gasteiger partial charge in [-0.15, -0.1) is 12.4 Å². The standard InChI is InChI=1S/C14H20N2O5S.ClH/c1-2-20-14(17)12-5-6-13(21-12)22(18,19)16-7-9-3-4-11(15)10(9)8-16;/h5-6,9-11H,2-4,7-8,15H2,1H3;1H. The highest BCUT2D eigenvalue weighted by Crippen LogP contribution is 2.39. The van der Waals surface area contributed by atoms with E-state index in [1.54, 1.807) is 6.92 Å². The number of hydrogen-bond donors (Lipinski definition) is 1. The van der Waals surface area contributed by atoms with Crippen molar-refractivity contribution < 1.29 is 22.4 Å². The summed E-state index contributed by atoms with van der Waals surface area (Å²) in [7, 11) is -3.73. The topological polar surface area (TPSA) is 103 Å². The summed E-state index contributed by atoms with van der Waals surface area (Å²) < 4.78 is 36.6. The van der Waals surface area contributed by atoms with Gasteiger partial charge < -0.3 is 14.9 Å². The summed E-state index contributed by atoms with van der Waals surface area (Å²) in [6, 6.07) is 2.69. The van der Waals surface area contributed by atoms with Gasteiger partial charge in [0.15, 0.2) is 0 Å². The third kappa shape index (κ3) is 3.26. The molecular formula is C14H21ClN2O5S. The molecule has 3 atom stereocenters. The zero-order chi connectivity index (χ0) is 15.9. The molecule has 7 nitrogen and oxygen atoms in total. The van der Waals surface area contributed by atoms with E-state index in [2.05, 4.69) is 0 Å². The maximum atomic E-state index is 12.6. The van der Waals surface area contributed by atoms with Crippen molar-refractivity contribution in [3.8, 4) is 0 Å². The molecule has 1 aromatic heterocycles. The predicted molar refractivity (Wildman–Crippen MR) is 84.9 cm³/mol. The Balaban J connectivity index is 0.00000192. The van der Waals surface area contributed by atoms with Gasteiger partial charge in [-0.3, -0.25) is 0 Å². The average Bonchev–Trinajstić information content (AvgIpc) is 3.16. The van der Waals surface area contributed by atoms with Gasteiger partial charge in [-0.25, -0.2) is 13.2 Å². The lowest BCUT2D eigenvalue weighted by Crippen LogP contribution is -2.33. The second kappa shape index (κ2) is 6.80. The number of fused-ring (bicyclic) bond motifs is 1. The Kier molecular flexibility index (Phi) is 5.40. The van der Waals surface area contributed by atoms with Gasteiger partial charge >= 0.3 is 5.97 Å². The molecule has 2 aliphatic rings. The van der Waals surface area contributed by atoms with Gasteiger partial charge in [-0.2, -0.15) is 4.31 Å². The largest absolute Gasteiger partial charge is 0.460 e. The van der Waals surface area contributed by atoms with Crippen molar-refractivity contribution in [2.75, 3.05) is 19.7 Å². The Hall–Kier alpha value is -1.09. The first-order valence-corrected chi connectivity index (χ1v) is 8.90. The van der Waals surface area contributed by atoms with Gasteiger partial charge in [0, 0.05) is 19.1 Å². The summed E-state index contributed by atoms with van der Waals surface area (Å²) >= 11 is 0. The van der Waals surface area contributed by atoms with Gasteiger partial charge in [0.2, 0.25) is 10.9 Å². The van der Waals surface area contributed by atoms with E-state index in [9.17, 15) is 13.2 Å². The van der Waals surface area contributed by atoms with Crippen molar-refractivity contribution in [2.45, 2.75) is 30.9 Å². The van der Waals surface area contributed by atoms with Gasteiger partial charge in [0.1, 0.15) is 0 Å². The van der Waals surface area contributed by atoms with Gasteiger partial charge in [0.25, 0.3) is 10.0 Å². The summed E-state index contributed by atoms with van der Waals surface area (Å²) in [5.74, 6) is -0.223. The highest BCUT2D eigenvalue weighted by Gasteiger charge is 2.45. The van der Waals surface area contributed by atoms with Gasteiger partial charge in [-0.05, 0) is 43.7 Å². The van der Waals surface area contributed by atoms with Crippen LogP contribution in [-0.4, -0.2) is 44.4 Å². The van der Waals surface area contributed by atoms with Crippen LogP contribution in [0, 0.1) is 11.8 Å². The Morgan fingerprint density at radius 2 is 2.13 bits per heavy atom. The normalized spacial score (nSPS) is 27.5. The minimum Gasteiger partial charge on any atom is -0.460 e. The van der Waals surface area contributed by atoms with E-state index in [0.29, 0.717) is 19.0 Å². The number of carbonyl (C=O) groups excluding carboxylic acids is 1. The van der Waals surface area contributed by atoms with Crippen molar-refractivity contribution in [2.24, 2.45) is 17.6 Å². The summed E-state index contributed by atoms with van der Waals surface area (Å²) in [4.78, 5) is 11.6. The number of carbonyl (C=O) groups is 1. The monoisotopic (exact) mass is 364 g/mol. The molecule has 2 N–H and O–H groups in total. The highest BCUT2D eigenvalue weighted by atomic mass is 35.5. The molecule has 3 rings (SSSR count). The van der Waals surface area contributed by atoms with E-state index in [-0.39, 0.29) is 41.8 Å². The number of nitrogens with zero attached hydrogens (tertiary/aromatic N) is 1. The van der Waals surface area contributed by atoms with Gasteiger partial charge in [0.05, 0.1) is 6.61 Å². The Labute approximate surface area is 141 Å². The summed E-state index contributed by atoms with van der Waals surface area (Å²) in [5, 5.41) is -0.218. The SMILES string of the molecule is CCOC(=O)c1ccc(S(=O)(=O)N2CC3CCC(N)C3C2)o1.Cl. The second-order valence-corrected chi connectivity index (χ2v) is 7.70. The first kappa shape index (κ1) is 18.3. The molecular weight excluding hydrogens is 344 g/mol. The van der Waals surface area contributed by atoms with Crippen LogP contribution >= 0.6 is 12.4 Å². The Morgan fingerprint density at radius 3 is 2.78 bits per heavy atom. The number of halogens is 1. The number of furan rings is 1. The van der Waals surface area contributed by atoms with Crippen molar-refractivity contribution in [1.82, 2.24) is 4.31 Å². The quantitative estimate of drug-likeness (QED) is 0.806. The summed E-state index contributed by atoms with van der Waals surface area (Å²) in [5.41, 5.74) is 6.04. The molecule has 2 heterocycles. The molecule has 0 aromatic carbocycles. The molecule has 23 heavy (non-hydrogen) atoms.